The van der Waals surface area contributed by atoms with Crippen molar-refractivity contribution in [2.75, 3.05) is 6.54 Å². The van der Waals surface area contributed by atoms with Gasteiger partial charge in [-0.15, -0.1) is 0 Å². The number of carbonyl (C=O) groups is 2. The Labute approximate surface area is 95.1 Å². The Kier molecular flexibility index (Phi) is 4.15. The van der Waals surface area contributed by atoms with Crippen molar-refractivity contribution in [1.29, 1.82) is 0 Å². The Morgan fingerprint density at radius 3 is 2.75 bits per heavy atom. The van der Waals surface area contributed by atoms with Crippen LogP contribution < -0.4 is 5.32 Å². The van der Waals surface area contributed by atoms with Gasteiger partial charge >= 0.3 is 5.97 Å². The van der Waals surface area contributed by atoms with Gasteiger partial charge in [-0.3, -0.25) is 9.78 Å². The fourth-order valence-electron chi connectivity index (χ4n) is 0.819. The van der Waals surface area contributed by atoms with E-state index in [2.05, 4.69) is 15.3 Å². The molecule has 1 amide bonds. The Hall–Kier alpha value is -1.73. The molecule has 1 atom stereocenters. The van der Waals surface area contributed by atoms with Crippen molar-refractivity contribution in [2.45, 2.75) is 6.10 Å². The van der Waals surface area contributed by atoms with Gasteiger partial charge in [-0.25, -0.2) is 9.78 Å². The standard InChI is InChI=1S/C8H8ClN3O4/c9-6-3-10-1-4(12-6)7(14)11-2-5(13)8(15)16/h1,3,5,13H,2H2,(H,11,14)(H,15,16)/t5-/m0/s1. The summed E-state index contributed by atoms with van der Waals surface area (Å²) in [6.45, 7) is -0.414. The SMILES string of the molecule is O=C(NC[C@H](O)C(=O)O)c1cncc(Cl)n1. The van der Waals surface area contributed by atoms with E-state index in [-0.39, 0.29) is 10.8 Å². The Bertz CT molecular complexity index is 412. The predicted molar refractivity (Wildman–Crippen MR) is 53.0 cm³/mol. The second-order valence-electron chi connectivity index (χ2n) is 2.79. The van der Waals surface area contributed by atoms with E-state index < -0.39 is 24.5 Å². The number of aliphatic hydroxyl groups excluding tert-OH is 1. The maximum Gasteiger partial charge on any atom is 0.334 e. The summed E-state index contributed by atoms with van der Waals surface area (Å²) in [5, 5.41) is 19.5. The first kappa shape index (κ1) is 12.3. The maximum absolute atomic E-state index is 11.3. The van der Waals surface area contributed by atoms with Crippen LogP contribution in [0.5, 0.6) is 0 Å². The number of carboxylic acids is 1. The number of carbonyl (C=O) groups excluding carboxylic acids is 1. The molecule has 1 aromatic rings. The van der Waals surface area contributed by atoms with Crippen LogP contribution in [0.25, 0.3) is 0 Å². The van der Waals surface area contributed by atoms with Gasteiger partial charge in [0.1, 0.15) is 10.8 Å². The van der Waals surface area contributed by atoms with Gasteiger partial charge in [0.25, 0.3) is 5.91 Å². The highest BCUT2D eigenvalue weighted by Gasteiger charge is 2.15. The number of halogens is 1. The topological polar surface area (TPSA) is 112 Å². The molecule has 0 bridgehead atoms. The van der Waals surface area contributed by atoms with Crippen LogP contribution in [0.3, 0.4) is 0 Å². The lowest BCUT2D eigenvalue weighted by atomic mass is 10.3. The van der Waals surface area contributed by atoms with E-state index in [4.69, 9.17) is 21.8 Å². The number of hydrogen-bond donors (Lipinski definition) is 3. The van der Waals surface area contributed by atoms with Crippen LogP contribution in [0.4, 0.5) is 0 Å². The Balaban J connectivity index is 2.56. The summed E-state index contributed by atoms with van der Waals surface area (Å²) in [5.74, 6) is -2.08. The highest BCUT2D eigenvalue weighted by molar-refractivity contribution is 6.29. The largest absolute Gasteiger partial charge is 0.479 e. The molecular weight excluding hydrogens is 238 g/mol. The Morgan fingerprint density at radius 1 is 1.50 bits per heavy atom. The van der Waals surface area contributed by atoms with Gasteiger partial charge in [0.2, 0.25) is 0 Å². The minimum atomic E-state index is -1.66. The highest BCUT2D eigenvalue weighted by atomic mass is 35.5. The van der Waals surface area contributed by atoms with Crippen LogP contribution in [-0.4, -0.2) is 44.7 Å². The number of nitrogens with one attached hydrogen (secondary N) is 1. The van der Waals surface area contributed by atoms with Crippen LogP contribution >= 0.6 is 11.6 Å². The molecule has 1 aromatic heterocycles. The molecule has 0 aliphatic rings. The zero-order chi connectivity index (χ0) is 12.1. The third-order valence-corrected chi connectivity index (χ3v) is 1.76. The third kappa shape index (κ3) is 3.44. The van der Waals surface area contributed by atoms with E-state index in [1.807, 2.05) is 0 Å². The second kappa shape index (κ2) is 5.38. The van der Waals surface area contributed by atoms with Crippen molar-refractivity contribution in [3.05, 3.63) is 23.2 Å². The maximum atomic E-state index is 11.3. The summed E-state index contributed by atoms with van der Waals surface area (Å²) >= 11 is 5.50. The van der Waals surface area contributed by atoms with Crippen molar-refractivity contribution in [1.82, 2.24) is 15.3 Å². The molecule has 7 nitrogen and oxygen atoms in total. The number of aliphatic carboxylic acids is 1. The third-order valence-electron chi connectivity index (χ3n) is 1.58. The van der Waals surface area contributed by atoms with E-state index in [9.17, 15) is 9.59 Å². The molecule has 0 saturated carbocycles. The van der Waals surface area contributed by atoms with Crippen molar-refractivity contribution in [3.8, 4) is 0 Å². The van der Waals surface area contributed by atoms with Crippen molar-refractivity contribution >= 4 is 23.5 Å². The molecule has 86 valence electrons. The number of amides is 1. The second-order valence-corrected chi connectivity index (χ2v) is 3.18. The molecule has 1 heterocycles. The first-order chi connectivity index (χ1) is 7.50. The average Bonchev–Trinajstić information content (AvgIpc) is 2.25. The van der Waals surface area contributed by atoms with E-state index in [0.29, 0.717) is 0 Å². The van der Waals surface area contributed by atoms with Gasteiger partial charge in [0.05, 0.1) is 18.9 Å². The summed E-state index contributed by atoms with van der Waals surface area (Å²) in [6, 6.07) is 0. The van der Waals surface area contributed by atoms with Gasteiger partial charge in [-0.05, 0) is 0 Å². The van der Waals surface area contributed by atoms with E-state index in [0.717, 1.165) is 0 Å². The molecule has 16 heavy (non-hydrogen) atoms. The summed E-state index contributed by atoms with van der Waals surface area (Å²) < 4.78 is 0. The molecule has 0 spiro atoms. The van der Waals surface area contributed by atoms with Gasteiger partial charge in [-0.2, -0.15) is 0 Å². The number of aliphatic hydroxyl groups is 1. The molecule has 0 saturated heterocycles. The lowest BCUT2D eigenvalue weighted by molar-refractivity contribution is -0.146. The highest BCUT2D eigenvalue weighted by Crippen LogP contribution is 2.01. The molecule has 3 N–H and O–H groups in total. The molecule has 0 fully saturated rings. The summed E-state index contributed by atoms with van der Waals surface area (Å²) in [7, 11) is 0. The van der Waals surface area contributed by atoms with E-state index >= 15 is 0 Å². The number of rotatable bonds is 4. The zero-order valence-electron chi connectivity index (χ0n) is 7.92. The smallest absolute Gasteiger partial charge is 0.334 e. The zero-order valence-corrected chi connectivity index (χ0v) is 8.68. The van der Waals surface area contributed by atoms with Crippen LogP contribution in [0.15, 0.2) is 12.4 Å². The van der Waals surface area contributed by atoms with E-state index in [1.165, 1.54) is 12.4 Å². The quantitative estimate of drug-likeness (QED) is 0.647. The minimum absolute atomic E-state index is 0.0476. The average molecular weight is 246 g/mol. The summed E-state index contributed by atoms with van der Waals surface area (Å²) in [5.41, 5.74) is -0.0508. The number of hydrogen-bond acceptors (Lipinski definition) is 5. The van der Waals surface area contributed by atoms with E-state index in [1.54, 1.807) is 0 Å². The fraction of sp³-hybridized carbons (Fsp3) is 0.250. The summed E-state index contributed by atoms with van der Waals surface area (Å²) in [6.07, 6.45) is 0.773. The van der Waals surface area contributed by atoms with Crippen LogP contribution in [0.2, 0.25) is 5.15 Å². The molecule has 0 radical (unpaired) electrons. The molecule has 0 aliphatic carbocycles. The number of nitrogens with zero attached hydrogens (tertiary/aromatic N) is 2. The predicted octanol–water partition coefficient (Wildman–Crippen LogP) is -0.695. The molecule has 1 rings (SSSR count). The van der Waals surface area contributed by atoms with Crippen molar-refractivity contribution < 1.29 is 19.8 Å². The molecule has 0 aliphatic heterocycles. The molecule has 8 heteroatoms. The van der Waals surface area contributed by atoms with Gasteiger partial charge in [0.15, 0.2) is 6.10 Å². The normalized spacial score (nSPS) is 11.9. The van der Waals surface area contributed by atoms with Gasteiger partial charge < -0.3 is 15.5 Å². The first-order valence-corrected chi connectivity index (χ1v) is 4.55. The first-order valence-electron chi connectivity index (χ1n) is 4.17. The Morgan fingerprint density at radius 2 is 2.19 bits per heavy atom. The van der Waals surface area contributed by atoms with Crippen LogP contribution in [0.1, 0.15) is 10.5 Å². The lowest BCUT2D eigenvalue weighted by Crippen LogP contribution is -2.36. The van der Waals surface area contributed by atoms with Gasteiger partial charge in [0, 0.05) is 0 Å². The molecule has 0 aromatic carbocycles. The lowest BCUT2D eigenvalue weighted by Gasteiger charge is -2.06. The van der Waals surface area contributed by atoms with Crippen LogP contribution in [0, 0.1) is 0 Å². The molecular formula is C8H8ClN3O4. The van der Waals surface area contributed by atoms with Crippen molar-refractivity contribution in [3.63, 3.8) is 0 Å². The fourth-order valence-corrected chi connectivity index (χ4v) is 0.966. The molecule has 0 unspecified atom stereocenters. The van der Waals surface area contributed by atoms with Gasteiger partial charge in [-0.1, -0.05) is 11.6 Å². The monoisotopic (exact) mass is 245 g/mol. The van der Waals surface area contributed by atoms with Crippen molar-refractivity contribution in [2.24, 2.45) is 0 Å². The van der Waals surface area contributed by atoms with Crippen LogP contribution in [-0.2, 0) is 4.79 Å². The number of aromatic nitrogens is 2. The minimum Gasteiger partial charge on any atom is -0.479 e. The summed E-state index contributed by atoms with van der Waals surface area (Å²) in [4.78, 5) is 28.9. The number of carboxylic acid groups (broad SMARTS) is 1.